The van der Waals surface area contributed by atoms with E-state index in [0.717, 1.165) is 17.7 Å². The second kappa shape index (κ2) is 8.36. The molecule has 0 radical (unpaired) electrons. The van der Waals surface area contributed by atoms with Gasteiger partial charge in [-0.05, 0) is 35.9 Å². The summed E-state index contributed by atoms with van der Waals surface area (Å²) in [5.41, 5.74) is 0.789. The van der Waals surface area contributed by atoms with E-state index >= 15 is 0 Å². The van der Waals surface area contributed by atoms with Gasteiger partial charge in [0.25, 0.3) is 0 Å². The first-order chi connectivity index (χ1) is 11.0. The zero-order valence-electron chi connectivity index (χ0n) is 11.9. The van der Waals surface area contributed by atoms with Crippen LogP contribution in [0.4, 0.5) is 0 Å². The lowest BCUT2D eigenvalue weighted by Crippen LogP contribution is -2.06. The maximum absolute atomic E-state index is 11.6. The number of ether oxygens (including phenoxy) is 2. The lowest BCUT2D eigenvalue weighted by molar-refractivity contribution is -0.139. The number of benzene rings is 2. The van der Waals surface area contributed by atoms with Crippen LogP contribution in [0.15, 0.2) is 60.7 Å². The van der Waals surface area contributed by atoms with E-state index in [2.05, 4.69) is 0 Å². The van der Waals surface area contributed by atoms with Gasteiger partial charge in [0.2, 0.25) is 0 Å². The molecule has 2 aromatic carbocycles. The molecule has 2 aromatic rings. The molecule has 0 aliphatic rings. The summed E-state index contributed by atoms with van der Waals surface area (Å²) in [5.74, 6) is -1.06. The zero-order chi connectivity index (χ0) is 16.7. The van der Waals surface area contributed by atoms with Crippen LogP contribution in [0, 0.1) is 0 Å². The third-order valence-electron chi connectivity index (χ3n) is 2.66. The average molecular weight is 351 g/mol. The number of carbonyl (C=O) groups is 2. The second-order valence-corrected chi connectivity index (χ2v) is 5.32. The summed E-state index contributed by atoms with van der Waals surface area (Å²) in [6, 6.07) is 13.3. The third kappa shape index (κ3) is 6.14. The van der Waals surface area contributed by atoms with Gasteiger partial charge in [0.15, 0.2) is 0 Å². The van der Waals surface area contributed by atoms with Crippen LogP contribution in [0.2, 0.25) is 10.0 Å². The summed E-state index contributed by atoms with van der Waals surface area (Å²) in [7, 11) is 0. The van der Waals surface area contributed by atoms with Gasteiger partial charge in [-0.15, -0.1) is 0 Å². The molecule has 0 bridgehead atoms. The minimum atomic E-state index is -0.698. The van der Waals surface area contributed by atoms with E-state index in [1.807, 2.05) is 0 Å². The Morgan fingerprint density at radius 2 is 1.61 bits per heavy atom. The van der Waals surface area contributed by atoms with Gasteiger partial charge in [0.1, 0.15) is 12.4 Å². The van der Waals surface area contributed by atoms with Gasteiger partial charge in [-0.1, -0.05) is 41.4 Å². The van der Waals surface area contributed by atoms with Crippen LogP contribution in [0.25, 0.3) is 0 Å². The maximum Gasteiger partial charge on any atom is 0.336 e. The third-order valence-corrected chi connectivity index (χ3v) is 3.15. The molecule has 0 aliphatic carbocycles. The van der Waals surface area contributed by atoms with Gasteiger partial charge in [-0.2, -0.15) is 0 Å². The summed E-state index contributed by atoms with van der Waals surface area (Å²) in [6.07, 6.45) is 1.99. The van der Waals surface area contributed by atoms with Crippen LogP contribution >= 0.6 is 23.2 Å². The van der Waals surface area contributed by atoms with Crippen LogP contribution in [0.3, 0.4) is 0 Å². The summed E-state index contributed by atoms with van der Waals surface area (Å²) in [6.45, 7) is 0.0870. The van der Waals surface area contributed by atoms with Gasteiger partial charge >= 0.3 is 11.9 Å². The highest BCUT2D eigenvalue weighted by molar-refractivity contribution is 6.30. The van der Waals surface area contributed by atoms with Crippen molar-refractivity contribution in [3.8, 4) is 5.75 Å². The van der Waals surface area contributed by atoms with Crippen molar-refractivity contribution in [3.63, 3.8) is 0 Å². The normalized spacial score (nSPS) is 10.5. The molecule has 0 atom stereocenters. The average Bonchev–Trinajstić information content (AvgIpc) is 2.52. The summed E-state index contributed by atoms with van der Waals surface area (Å²) >= 11 is 11.5. The Morgan fingerprint density at radius 3 is 2.30 bits per heavy atom. The Labute approximate surface area is 143 Å². The number of halogens is 2. The molecule has 0 unspecified atom stereocenters. The molecule has 4 nitrogen and oxygen atoms in total. The largest absolute Gasteiger partial charge is 0.458 e. The Morgan fingerprint density at radius 1 is 0.913 bits per heavy atom. The second-order valence-electron chi connectivity index (χ2n) is 4.45. The van der Waals surface area contributed by atoms with E-state index in [4.69, 9.17) is 32.7 Å². The number of hydrogen-bond donors (Lipinski definition) is 0. The van der Waals surface area contributed by atoms with Crippen LogP contribution in [-0.2, 0) is 20.9 Å². The fourth-order valence-corrected chi connectivity index (χ4v) is 1.91. The SMILES string of the molecule is O=C(/C=C/C(=O)Oc1cccc(Cl)c1)OCc1ccc(Cl)cc1. The maximum atomic E-state index is 11.6. The zero-order valence-corrected chi connectivity index (χ0v) is 13.4. The lowest BCUT2D eigenvalue weighted by atomic mass is 10.2. The van der Waals surface area contributed by atoms with Crippen molar-refractivity contribution in [2.24, 2.45) is 0 Å². The van der Waals surface area contributed by atoms with Gasteiger partial charge in [-0.3, -0.25) is 0 Å². The van der Waals surface area contributed by atoms with Crippen molar-refractivity contribution >= 4 is 35.1 Å². The first kappa shape index (κ1) is 17.1. The number of carbonyl (C=O) groups excluding carboxylic acids is 2. The van der Waals surface area contributed by atoms with Crippen molar-refractivity contribution in [2.75, 3.05) is 0 Å². The summed E-state index contributed by atoms with van der Waals surface area (Å²) < 4.78 is 9.98. The van der Waals surface area contributed by atoms with Crippen LogP contribution in [0.5, 0.6) is 5.75 Å². The minimum absolute atomic E-state index is 0.0870. The van der Waals surface area contributed by atoms with Crippen LogP contribution < -0.4 is 4.74 Å². The summed E-state index contributed by atoms with van der Waals surface area (Å²) in [5, 5.41) is 1.05. The fraction of sp³-hybridized carbons (Fsp3) is 0.0588. The highest BCUT2D eigenvalue weighted by Gasteiger charge is 2.04. The lowest BCUT2D eigenvalue weighted by Gasteiger charge is -2.03. The molecule has 0 aliphatic heterocycles. The first-order valence-electron chi connectivity index (χ1n) is 6.59. The van der Waals surface area contributed by atoms with Crippen LogP contribution in [-0.4, -0.2) is 11.9 Å². The Kier molecular flexibility index (Phi) is 6.20. The number of hydrogen-bond acceptors (Lipinski definition) is 4. The number of rotatable bonds is 5. The van der Waals surface area contributed by atoms with E-state index < -0.39 is 11.9 Å². The van der Waals surface area contributed by atoms with Gasteiger partial charge in [0.05, 0.1) is 0 Å². The minimum Gasteiger partial charge on any atom is -0.458 e. The van der Waals surface area contributed by atoms with Gasteiger partial charge in [-0.25, -0.2) is 9.59 Å². The molecular formula is C17H12Cl2O4. The van der Waals surface area contributed by atoms with Gasteiger partial charge in [0, 0.05) is 22.2 Å². The molecule has 2 rings (SSSR count). The molecule has 0 aromatic heterocycles. The van der Waals surface area contributed by atoms with Crippen molar-refractivity contribution in [2.45, 2.75) is 6.61 Å². The quantitative estimate of drug-likeness (QED) is 0.460. The van der Waals surface area contributed by atoms with Crippen molar-refractivity contribution in [1.29, 1.82) is 0 Å². The molecule has 0 heterocycles. The summed E-state index contributed by atoms with van der Waals surface area (Å²) in [4.78, 5) is 23.1. The Balaban J connectivity index is 1.80. The van der Waals surface area contributed by atoms with Gasteiger partial charge < -0.3 is 9.47 Å². The van der Waals surface area contributed by atoms with Crippen molar-refractivity contribution < 1.29 is 19.1 Å². The Hall–Kier alpha value is -2.30. The smallest absolute Gasteiger partial charge is 0.336 e. The fourth-order valence-electron chi connectivity index (χ4n) is 1.60. The topological polar surface area (TPSA) is 52.6 Å². The molecule has 6 heteroatoms. The van der Waals surface area contributed by atoms with E-state index in [9.17, 15) is 9.59 Å². The van der Waals surface area contributed by atoms with E-state index in [1.165, 1.54) is 6.07 Å². The first-order valence-corrected chi connectivity index (χ1v) is 7.35. The molecule has 0 amide bonds. The molecule has 0 saturated carbocycles. The highest BCUT2D eigenvalue weighted by Crippen LogP contribution is 2.17. The molecular weight excluding hydrogens is 339 g/mol. The standard InChI is InChI=1S/C17H12Cl2O4/c18-13-6-4-12(5-7-13)11-22-16(20)8-9-17(21)23-15-3-1-2-14(19)10-15/h1-10H,11H2/b9-8+. The van der Waals surface area contributed by atoms with Crippen molar-refractivity contribution in [3.05, 3.63) is 76.3 Å². The molecule has 0 spiro atoms. The van der Waals surface area contributed by atoms with Crippen LogP contribution in [0.1, 0.15) is 5.56 Å². The van der Waals surface area contributed by atoms with Crippen molar-refractivity contribution in [1.82, 2.24) is 0 Å². The molecule has 0 N–H and O–H groups in total. The van der Waals surface area contributed by atoms with E-state index in [1.54, 1.807) is 42.5 Å². The molecule has 0 fully saturated rings. The molecule has 118 valence electrons. The monoisotopic (exact) mass is 350 g/mol. The highest BCUT2D eigenvalue weighted by atomic mass is 35.5. The predicted molar refractivity (Wildman–Crippen MR) is 87.5 cm³/mol. The number of esters is 2. The van der Waals surface area contributed by atoms with E-state index in [0.29, 0.717) is 15.8 Å². The molecule has 23 heavy (non-hydrogen) atoms. The predicted octanol–water partition coefficient (Wildman–Crippen LogP) is 4.20. The Bertz CT molecular complexity index is 724. The van der Waals surface area contributed by atoms with E-state index in [-0.39, 0.29) is 6.61 Å². The molecule has 0 saturated heterocycles.